The summed E-state index contributed by atoms with van der Waals surface area (Å²) in [7, 11) is 0. The Hall–Kier alpha value is -2.31. The van der Waals surface area contributed by atoms with E-state index in [9.17, 15) is 27.9 Å². The fourth-order valence-electron chi connectivity index (χ4n) is 2.58. The molecule has 4 nitrogen and oxygen atoms in total. The molecule has 0 atom stereocenters. The van der Waals surface area contributed by atoms with Crippen LogP contribution in [0.25, 0.3) is 10.9 Å². The first-order valence-electron chi connectivity index (χ1n) is 7.16. The lowest BCUT2D eigenvalue weighted by molar-refractivity contribution is -0.137. The number of alkyl halides is 3. The van der Waals surface area contributed by atoms with Crippen molar-refractivity contribution in [2.24, 2.45) is 0 Å². The van der Waals surface area contributed by atoms with Crippen molar-refractivity contribution >= 4 is 16.9 Å². The van der Waals surface area contributed by atoms with Gasteiger partial charge in [-0.15, -0.1) is 0 Å². The quantitative estimate of drug-likeness (QED) is 0.928. The minimum absolute atomic E-state index is 0.112. The van der Waals surface area contributed by atoms with Gasteiger partial charge in [-0.2, -0.15) is 13.2 Å². The van der Waals surface area contributed by atoms with Crippen molar-refractivity contribution in [1.29, 1.82) is 0 Å². The number of aryl methyl sites for hydroxylation is 2. The van der Waals surface area contributed by atoms with Crippen molar-refractivity contribution < 1.29 is 23.1 Å². The third-order valence-corrected chi connectivity index (χ3v) is 3.80. The normalized spacial score (nSPS) is 11.9. The summed E-state index contributed by atoms with van der Waals surface area (Å²) in [5, 5.41) is 9.59. The number of nitrogens with zero attached hydrogens (tertiary/aromatic N) is 1. The predicted molar refractivity (Wildman–Crippen MR) is 79.8 cm³/mol. The van der Waals surface area contributed by atoms with Gasteiger partial charge in [-0.3, -0.25) is 4.79 Å². The molecule has 124 valence electrons. The number of unbranched alkanes of at least 4 members (excludes halogenated alkanes) is 1. The van der Waals surface area contributed by atoms with E-state index in [-0.39, 0.29) is 17.6 Å². The van der Waals surface area contributed by atoms with E-state index in [2.05, 4.69) is 0 Å². The maximum absolute atomic E-state index is 12.9. The average Bonchev–Trinajstić information content (AvgIpc) is 2.45. The van der Waals surface area contributed by atoms with E-state index in [1.165, 1.54) is 13.0 Å². The molecule has 0 aliphatic heterocycles. The zero-order chi connectivity index (χ0) is 17.4. The van der Waals surface area contributed by atoms with Gasteiger partial charge in [0.25, 0.3) is 5.56 Å². The largest absolute Gasteiger partial charge is 0.477 e. The minimum atomic E-state index is -4.53. The number of benzene rings is 1. The van der Waals surface area contributed by atoms with Crippen LogP contribution in [0.4, 0.5) is 13.2 Å². The van der Waals surface area contributed by atoms with Crippen LogP contribution in [0.5, 0.6) is 0 Å². The van der Waals surface area contributed by atoms with Crippen LogP contribution < -0.4 is 5.56 Å². The molecule has 0 saturated carbocycles. The molecule has 0 spiro atoms. The number of pyridine rings is 1. The van der Waals surface area contributed by atoms with Crippen molar-refractivity contribution in [1.82, 2.24) is 4.57 Å². The van der Waals surface area contributed by atoms with E-state index in [0.29, 0.717) is 11.8 Å². The van der Waals surface area contributed by atoms with E-state index in [1.807, 2.05) is 6.92 Å². The number of aromatic nitrogens is 1. The van der Waals surface area contributed by atoms with E-state index >= 15 is 0 Å². The Labute approximate surface area is 130 Å². The van der Waals surface area contributed by atoms with Crippen LogP contribution >= 0.6 is 0 Å². The summed E-state index contributed by atoms with van der Waals surface area (Å²) < 4.78 is 39.9. The van der Waals surface area contributed by atoms with Crippen molar-refractivity contribution in [3.05, 3.63) is 45.2 Å². The second-order valence-electron chi connectivity index (χ2n) is 5.35. The monoisotopic (exact) mass is 327 g/mol. The smallest absolute Gasteiger partial charge is 0.416 e. The lowest BCUT2D eigenvalue weighted by atomic mass is 10.0. The number of carbonyl (C=O) groups is 1. The molecule has 0 saturated heterocycles. The molecular formula is C16H16F3NO3. The summed E-state index contributed by atoms with van der Waals surface area (Å²) in [6, 6.07) is 3.03. The molecule has 1 aromatic carbocycles. The van der Waals surface area contributed by atoms with Crippen molar-refractivity contribution in [2.45, 2.75) is 39.4 Å². The summed E-state index contributed by atoms with van der Waals surface area (Å²) >= 11 is 0. The highest BCUT2D eigenvalue weighted by atomic mass is 19.4. The minimum Gasteiger partial charge on any atom is -0.477 e. The first-order chi connectivity index (χ1) is 10.7. The van der Waals surface area contributed by atoms with Gasteiger partial charge in [0.05, 0.1) is 11.1 Å². The molecule has 0 amide bonds. The Kier molecular flexibility index (Phi) is 4.49. The van der Waals surface area contributed by atoms with Crippen LogP contribution in [0.15, 0.2) is 23.0 Å². The number of halogens is 3. The van der Waals surface area contributed by atoms with Crippen molar-refractivity contribution in [3.8, 4) is 0 Å². The highest BCUT2D eigenvalue weighted by Crippen LogP contribution is 2.32. The van der Waals surface area contributed by atoms with E-state index < -0.39 is 28.8 Å². The first kappa shape index (κ1) is 17.1. The average molecular weight is 327 g/mol. The van der Waals surface area contributed by atoms with Gasteiger partial charge < -0.3 is 9.67 Å². The van der Waals surface area contributed by atoms with Gasteiger partial charge >= 0.3 is 12.1 Å². The summed E-state index contributed by atoms with van der Waals surface area (Å²) in [5.74, 6) is -1.38. The summed E-state index contributed by atoms with van der Waals surface area (Å²) in [4.78, 5) is 23.8. The molecule has 0 radical (unpaired) electrons. The van der Waals surface area contributed by atoms with E-state index in [0.717, 1.165) is 23.1 Å². The number of aromatic carboxylic acids is 1. The number of hydrogen-bond acceptors (Lipinski definition) is 2. The van der Waals surface area contributed by atoms with Crippen LogP contribution in [0.2, 0.25) is 0 Å². The third-order valence-electron chi connectivity index (χ3n) is 3.80. The Morgan fingerprint density at radius 1 is 1.30 bits per heavy atom. The summed E-state index contributed by atoms with van der Waals surface area (Å²) in [5.41, 5.74) is -1.74. The highest BCUT2D eigenvalue weighted by molar-refractivity contribution is 5.96. The maximum atomic E-state index is 12.9. The Morgan fingerprint density at radius 3 is 2.48 bits per heavy atom. The molecule has 1 aromatic heterocycles. The van der Waals surface area contributed by atoms with E-state index in [4.69, 9.17) is 0 Å². The van der Waals surface area contributed by atoms with Crippen molar-refractivity contribution in [2.75, 3.05) is 0 Å². The molecule has 23 heavy (non-hydrogen) atoms. The fraction of sp³-hybridized carbons (Fsp3) is 0.375. The molecule has 7 heteroatoms. The number of carboxylic acids is 1. The van der Waals surface area contributed by atoms with Gasteiger partial charge in [0.2, 0.25) is 0 Å². The van der Waals surface area contributed by atoms with Crippen LogP contribution in [0.3, 0.4) is 0 Å². The number of rotatable bonds is 4. The SMILES string of the molecule is CCCCn1c(=O)c(C(=O)O)c(C)c2ccc(C(F)(F)F)cc21. The maximum Gasteiger partial charge on any atom is 0.416 e. The Balaban J connectivity index is 2.89. The van der Waals surface area contributed by atoms with Crippen LogP contribution in [0, 0.1) is 6.92 Å². The highest BCUT2D eigenvalue weighted by Gasteiger charge is 2.31. The number of fused-ring (bicyclic) bond motifs is 1. The molecular weight excluding hydrogens is 311 g/mol. The molecule has 0 fully saturated rings. The lowest BCUT2D eigenvalue weighted by Gasteiger charge is -2.16. The van der Waals surface area contributed by atoms with Gasteiger partial charge in [0.1, 0.15) is 5.56 Å². The Bertz CT molecular complexity index is 822. The zero-order valence-electron chi connectivity index (χ0n) is 12.7. The molecule has 1 N–H and O–H groups in total. The second kappa shape index (κ2) is 6.06. The van der Waals surface area contributed by atoms with Crippen LogP contribution in [-0.2, 0) is 12.7 Å². The summed E-state index contributed by atoms with van der Waals surface area (Å²) in [6.07, 6.45) is -3.24. The van der Waals surface area contributed by atoms with E-state index in [1.54, 1.807) is 0 Å². The van der Waals surface area contributed by atoms with Gasteiger partial charge in [-0.1, -0.05) is 19.4 Å². The Morgan fingerprint density at radius 2 is 1.96 bits per heavy atom. The zero-order valence-corrected chi connectivity index (χ0v) is 12.7. The van der Waals surface area contributed by atoms with Gasteiger partial charge in [0, 0.05) is 11.9 Å². The predicted octanol–water partition coefficient (Wildman–Crippen LogP) is 3.83. The molecule has 0 unspecified atom stereocenters. The molecule has 0 aliphatic rings. The van der Waals surface area contributed by atoms with Crippen molar-refractivity contribution in [3.63, 3.8) is 0 Å². The van der Waals surface area contributed by atoms with Gasteiger partial charge in [0.15, 0.2) is 0 Å². The third kappa shape index (κ3) is 3.09. The standard InChI is InChI=1S/C16H16F3NO3/c1-3-4-7-20-12-8-10(16(17,18)19)5-6-11(12)9(2)13(14(20)21)15(22)23/h5-6,8H,3-4,7H2,1-2H3,(H,22,23). The van der Waals surface area contributed by atoms with Crippen LogP contribution in [0.1, 0.15) is 41.3 Å². The lowest BCUT2D eigenvalue weighted by Crippen LogP contribution is -2.28. The number of carboxylic acid groups (broad SMARTS) is 1. The topological polar surface area (TPSA) is 59.3 Å². The molecule has 1 heterocycles. The molecule has 2 aromatic rings. The van der Waals surface area contributed by atoms with Gasteiger partial charge in [-0.25, -0.2) is 4.79 Å². The number of hydrogen-bond donors (Lipinski definition) is 1. The fourth-order valence-corrected chi connectivity index (χ4v) is 2.58. The van der Waals surface area contributed by atoms with Gasteiger partial charge in [-0.05, 0) is 31.0 Å². The molecule has 2 rings (SSSR count). The molecule has 0 aliphatic carbocycles. The second-order valence-corrected chi connectivity index (χ2v) is 5.35. The van der Waals surface area contributed by atoms with Crippen LogP contribution in [-0.4, -0.2) is 15.6 Å². The first-order valence-corrected chi connectivity index (χ1v) is 7.16. The summed E-state index contributed by atoms with van der Waals surface area (Å²) in [6.45, 7) is 3.49. The molecule has 0 bridgehead atoms.